The number of primary amides is 1. The second-order valence-electron chi connectivity index (χ2n) is 4.13. The lowest BCUT2D eigenvalue weighted by molar-refractivity contribution is 0.0998. The summed E-state index contributed by atoms with van der Waals surface area (Å²) in [4.78, 5) is 22.8. The third kappa shape index (κ3) is 2.92. The van der Waals surface area contributed by atoms with E-state index in [2.05, 4.69) is 5.32 Å². The fraction of sp³-hybridized carbons (Fsp3) is 0. The van der Waals surface area contributed by atoms with Crippen molar-refractivity contribution in [3.63, 3.8) is 0 Å². The van der Waals surface area contributed by atoms with Gasteiger partial charge in [-0.05, 0) is 42.5 Å². The van der Waals surface area contributed by atoms with E-state index in [1.807, 2.05) is 0 Å². The molecule has 102 valence electrons. The molecule has 0 saturated heterocycles. The van der Waals surface area contributed by atoms with Gasteiger partial charge in [0.05, 0.1) is 5.69 Å². The summed E-state index contributed by atoms with van der Waals surface area (Å²) in [7, 11) is 0. The Bertz CT molecular complexity index is 669. The molecule has 0 fully saturated rings. The van der Waals surface area contributed by atoms with Crippen LogP contribution in [0.4, 0.5) is 15.8 Å². The van der Waals surface area contributed by atoms with Crippen LogP contribution in [0.1, 0.15) is 20.7 Å². The van der Waals surface area contributed by atoms with Gasteiger partial charge in [0.25, 0.3) is 5.91 Å². The number of hydrogen-bond donors (Lipinski definition) is 3. The van der Waals surface area contributed by atoms with Gasteiger partial charge in [-0.3, -0.25) is 9.59 Å². The number of rotatable bonds is 3. The van der Waals surface area contributed by atoms with Crippen LogP contribution in [-0.2, 0) is 0 Å². The molecule has 20 heavy (non-hydrogen) atoms. The highest BCUT2D eigenvalue weighted by Crippen LogP contribution is 2.15. The third-order valence-electron chi connectivity index (χ3n) is 2.69. The van der Waals surface area contributed by atoms with Gasteiger partial charge < -0.3 is 16.8 Å². The Labute approximate surface area is 114 Å². The van der Waals surface area contributed by atoms with Crippen LogP contribution in [0.2, 0.25) is 0 Å². The average molecular weight is 273 g/mol. The Balaban J connectivity index is 2.14. The van der Waals surface area contributed by atoms with Gasteiger partial charge in [0, 0.05) is 16.8 Å². The van der Waals surface area contributed by atoms with Gasteiger partial charge >= 0.3 is 0 Å². The predicted molar refractivity (Wildman–Crippen MR) is 73.7 cm³/mol. The fourth-order valence-electron chi connectivity index (χ4n) is 1.61. The summed E-state index contributed by atoms with van der Waals surface area (Å²) < 4.78 is 13.0. The van der Waals surface area contributed by atoms with Gasteiger partial charge in [-0.2, -0.15) is 0 Å². The fourth-order valence-corrected chi connectivity index (χ4v) is 1.61. The van der Waals surface area contributed by atoms with E-state index in [1.165, 1.54) is 24.3 Å². The minimum Gasteiger partial charge on any atom is -0.396 e. The minimum atomic E-state index is -0.577. The van der Waals surface area contributed by atoms with Crippen molar-refractivity contribution >= 4 is 23.2 Å². The summed E-state index contributed by atoms with van der Waals surface area (Å²) in [5.41, 5.74) is 11.5. The number of hydrogen-bond acceptors (Lipinski definition) is 3. The molecule has 0 radical (unpaired) electrons. The number of halogens is 1. The maximum absolute atomic E-state index is 13.0. The normalized spacial score (nSPS) is 10.1. The Morgan fingerprint density at radius 1 is 1.00 bits per heavy atom. The minimum absolute atomic E-state index is 0.0956. The molecule has 5 N–H and O–H groups in total. The van der Waals surface area contributed by atoms with E-state index in [-0.39, 0.29) is 11.3 Å². The third-order valence-corrected chi connectivity index (χ3v) is 2.69. The number of benzene rings is 2. The molecule has 0 aliphatic carbocycles. The van der Waals surface area contributed by atoms with Crippen molar-refractivity contribution in [3.8, 4) is 0 Å². The van der Waals surface area contributed by atoms with Crippen molar-refractivity contribution in [2.75, 3.05) is 11.1 Å². The molecule has 0 atom stereocenters. The van der Waals surface area contributed by atoms with Gasteiger partial charge in [0.1, 0.15) is 5.82 Å². The summed E-state index contributed by atoms with van der Waals surface area (Å²) in [5, 5.41) is 2.60. The van der Waals surface area contributed by atoms with Crippen molar-refractivity contribution in [1.29, 1.82) is 0 Å². The maximum Gasteiger partial charge on any atom is 0.255 e. The van der Waals surface area contributed by atoms with E-state index in [1.54, 1.807) is 12.1 Å². The topological polar surface area (TPSA) is 98.2 Å². The van der Waals surface area contributed by atoms with Crippen LogP contribution in [0.5, 0.6) is 0 Å². The van der Waals surface area contributed by atoms with Crippen LogP contribution in [0.15, 0.2) is 42.5 Å². The molecule has 0 unspecified atom stereocenters. The number of nitrogen functional groups attached to an aromatic ring is 1. The summed E-state index contributed by atoms with van der Waals surface area (Å²) in [6.45, 7) is 0. The second-order valence-corrected chi connectivity index (χ2v) is 4.13. The zero-order valence-electron chi connectivity index (χ0n) is 10.4. The first-order chi connectivity index (χ1) is 9.47. The van der Waals surface area contributed by atoms with Crippen LogP contribution in [0.25, 0.3) is 0 Å². The number of nitrogens with two attached hydrogens (primary N) is 2. The molecule has 2 aromatic rings. The summed E-state index contributed by atoms with van der Waals surface area (Å²) >= 11 is 0. The van der Waals surface area contributed by atoms with E-state index in [4.69, 9.17) is 11.5 Å². The Hall–Kier alpha value is -2.89. The number of carbonyl (C=O) groups excluding carboxylic acids is 2. The highest BCUT2D eigenvalue weighted by molar-refractivity contribution is 6.05. The SMILES string of the molecule is NC(=O)c1ccc(NC(=O)c2ccc(F)c(N)c2)cc1. The molecular weight excluding hydrogens is 261 g/mol. The largest absolute Gasteiger partial charge is 0.396 e. The quantitative estimate of drug-likeness (QED) is 0.743. The van der Waals surface area contributed by atoms with Crippen molar-refractivity contribution < 1.29 is 14.0 Å². The van der Waals surface area contributed by atoms with E-state index >= 15 is 0 Å². The molecule has 2 rings (SSSR count). The van der Waals surface area contributed by atoms with Crippen LogP contribution < -0.4 is 16.8 Å². The molecule has 6 heteroatoms. The Morgan fingerprint density at radius 2 is 1.60 bits per heavy atom. The molecule has 0 aliphatic rings. The molecule has 2 aromatic carbocycles. The monoisotopic (exact) mass is 273 g/mol. The predicted octanol–water partition coefficient (Wildman–Crippen LogP) is 1.76. The van der Waals surface area contributed by atoms with Crippen LogP contribution >= 0.6 is 0 Å². The van der Waals surface area contributed by atoms with E-state index in [0.29, 0.717) is 11.3 Å². The smallest absolute Gasteiger partial charge is 0.255 e. The zero-order chi connectivity index (χ0) is 14.7. The zero-order valence-corrected chi connectivity index (χ0v) is 10.4. The first-order valence-corrected chi connectivity index (χ1v) is 5.73. The highest BCUT2D eigenvalue weighted by Gasteiger charge is 2.09. The summed E-state index contributed by atoms with van der Waals surface area (Å²) in [6, 6.07) is 9.80. The van der Waals surface area contributed by atoms with E-state index < -0.39 is 17.6 Å². The summed E-state index contributed by atoms with van der Waals surface area (Å²) in [5.74, 6) is -1.55. The lowest BCUT2D eigenvalue weighted by Gasteiger charge is -2.06. The molecule has 0 heterocycles. The van der Waals surface area contributed by atoms with Crippen molar-refractivity contribution in [1.82, 2.24) is 0 Å². The van der Waals surface area contributed by atoms with Crippen LogP contribution in [-0.4, -0.2) is 11.8 Å². The Kier molecular flexibility index (Phi) is 3.65. The standard InChI is InChI=1S/C14H12FN3O2/c15-11-6-3-9(7-12(11)16)14(20)18-10-4-1-8(2-5-10)13(17)19/h1-7H,16H2,(H2,17,19)(H,18,20). The van der Waals surface area contributed by atoms with Crippen molar-refractivity contribution in [2.24, 2.45) is 5.73 Å². The number of amides is 2. The van der Waals surface area contributed by atoms with Gasteiger partial charge in [-0.15, -0.1) is 0 Å². The first kappa shape index (κ1) is 13.5. The molecule has 0 saturated carbocycles. The molecule has 2 amide bonds. The van der Waals surface area contributed by atoms with Crippen molar-refractivity contribution in [3.05, 3.63) is 59.4 Å². The lowest BCUT2D eigenvalue weighted by atomic mass is 10.1. The maximum atomic E-state index is 13.0. The molecular formula is C14H12FN3O2. The number of carbonyl (C=O) groups is 2. The van der Waals surface area contributed by atoms with Crippen LogP contribution in [0, 0.1) is 5.82 Å². The van der Waals surface area contributed by atoms with Crippen molar-refractivity contribution in [2.45, 2.75) is 0 Å². The highest BCUT2D eigenvalue weighted by atomic mass is 19.1. The average Bonchev–Trinajstić information content (AvgIpc) is 2.42. The number of nitrogens with one attached hydrogen (secondary N) is 1. The van der Waals surface area contributed by atoms with Gasteiger partial charge in [0.2, 0.25) is 5.91 Å². The van der Waals surface area contributed by atoms with E-state index in [9.17, 15) is 14.0 Å². The number of anilines is 2. The second kappa shape index (κ2) is 5.40. The Morgan fingerprint density at radius 3 is 2.15 bits per heavy atom. The molecule has 0 spiro atoms. The van der Waals surface area contributed by atoms with Crippen LogP contribution in [0.3, 0.4) is 0 Å². The molecule has 0 aromatic heterocycles. The summed E-state index contributed by atoms with van der Waals surface area (Å²) in [6.07, 6.45) is 0. The molecule has 5 nitrogen and oxygen atoms in total. The first-order valence-electron chi connectivity index (χ1n) is 5.73. The van der Waals surface area contributed by atoms with Gasteiger partial charge in [-0.25, -0.2) is 4.39 Å². The van der Waals surface area contributed by atoms with Gasteiger partial charge in [-0.1, -0.05) is 0 Å². The molecule has 0 bridgehead atoms. The molecule has 0 aliphatic heterocycles. The van der Waals surface area contributed by atoms with Gasteiger partial charge in [0.15, 0.2) is 0 Å². The lowest BCUT2D eigenvalue weighted by Crippen LogP contribution is -2.13. The van der Waals surface area contributed by atoms with E-state index in [0.717, 1.165) is 6.07 Å².